The van der Waals surface area contributed by atoms with Crippen LogP contribution in [-0.4, -0.2) is 65.9 Å². The Kier molecular flexibility index (Phi) is 6.18. The number of benzene rings is 1. The van der Waals surface area contributed by atoms with E-state index in [4.69, 9.17) is 16.3 Å². The Balaban J connectivity index is 1.49. The normalized spacial score (nSPS) is 18.6. The molecule has 9 heteroatoms. The second-order valence-corrected chi connectivity index (χ2v) is 7.31. The molecule has 0 saturated carbocycles. The molecule has 1 aromatic carbocycles. The lowest BCUT2D eigenvalue weighted by Gasteiger charge is -2.31. The number of rotatable bonds is 4. The summed E-state index contributed by atoms with van der Waals surface area (Å²) in [6.07, 6.45) is -0.0999. The van der Waals surface area contributed by atoms with Crippen molar-refractivity contribution in [2.75, 3.05) is 26.2 Å². The first kappa shape index (κ1) is 20.1. The predicted molar refractivity (Wildman–Crippen MR) is 101 cm³/mol. The summed E-state index contributed by atoms with van der Waals surface area (Å²) in [4.78, 5) is 51.4. The van der Waals surface area contributed by atoms with Crippen molar-refractivity contribution in [3.63, 3.8) is 0 Å². The third-order valence-corrected chi connectivity index (χ3v) is 5.22. The number of amides is 4. The quantitative estimate of drug-likeness (QED) is 0.766. The van der Waals surface area contributed by atoms with Gasteiger partial charge in [-0.2, -0.15) is 0 Å². The van der Waals surface area contributed by atoms with E-state index in [1.54, 1.807) is 29.2 Å². The minimum Gasteiger partial charge on any atom is -0.452 e. The van der Waals surface area contributed by atoms with E-state index in [9.17, 15) is 19.2 Å². The van der Waals surface area contributed by atoms with Crippen LogP contribution >= 0.6 is 11.6 Å². The van der Waals surface area contributed by atoms with E-state index >= 15 is 0 Å². The second kappa shape index (κ2) is 8.60. The molecule has 0 radical (unpaired) electrons. The summed E-state index contributed by atoms with van der Waals surface area (Å²) in [5, 5.41) is 3.10. The highest BCUT2D eigenvalue weighted by Crippen LogP contribution is 2.22. The molecular formula is C19H22ClN3O5. The average molecular weight is 408 g/mol. The van der Waals surface area contributed by atoms with Gasteiger partial charge in [0.2, 0.25) is 0 Å². The topological polar surface area (TPSA) is 96.0 Å². The predicted octanol–water partition coefficient (Wildman–Crippen LogP) is 1.68. The van der Waals surface area contributed by atoms with Crippen LogP contribution in [-0.2, 0) is 14.3 Å². The zero-order valence-electron chi connectivity index (χ0n) is 15.5. The molecule has 3 rings (SSSR count). The number of esters is 1. The van der Waals surface area contributed by atoms with Gasteiger partial charge < -0.3 is 15.0 Å². The molecule has 1 atom stereocenters. The molecule has 0 spiro atoms. The molecule has 0 unspecified atom stereocenters. The number of nitrogens with one attached hydrogen (secondary N) is 1. The van der Waals surface area contributed by atoms with Crippen LogP contribution in [0.3, 0.4) is 0 Å². The Morgan fingerprint density at radius 3 is 2.36 bits per heavy atom. The molecular weight excluding hydrogens is 386 g/mol. The van der Waals surface area contributed by atoms with Gasteiger partial charge in [-0.1, -0.05) is 11.6 Å². The fourth-order valence-corrected chi connectivity index (χ4v) is 3.44. The highest BCUT2D eigenvalue weighted by atomic mass is 35.5. The Labute approximate surface area is 167 Å². The maximum atomic E-state index is 12.5. The molecule has 2 aliphatic heterocycles. The Bertz CT molecular complexity index is 774. The third kappa shape index (κ3) is 4.44. The highest BCUT2D eigenvalue weighted by molar-refractivity contribution is 6.30. The number of likely N-dealkylation sites (tertiary alicyclic amines) is 1. The van der Waals surface area contributed by atoms with Crippen LogP contribution in [0.2, 0.25) is 5.02 Å². The monoisotopic (exact) mass is 407 g/mol. The SMILES string of the molecule is C[C@@H](OC(=O)C1CCN(C(=O)c2ccc(Cl)cc2)CC1)C(=O)N1CCNC1=O. The first-order chi connectivity index (χ1) is 13.4. The summed E-state index contributed by atoms with van der Waals surface area (Å²) >= 11 is 5.84. The molecule has 8 nitrogen and oxygen atoms in total. The molecule has 1 aromatic rings. The molecule has 2 aliphatic rings. The van der Waals surface area contributed by atoms with Gasteiger partial charge in [0, 0.05) is 36.8 Å². The summed E-state index contributed by atoms with van der Waals surface area (Å²) < 4.78 is 5.28. The summed E-state index contributed by atoms with van der Waals surface area (Å²) in [6, 6.07) is 6.21. The van der Waals surface area contributed by atoms with E-state index in [0.29, 0.717) is 43.1 Å². The standard InChI is InChI=1S/C19H22ClN3O5/c1-12(16(24)23-11-8-21-19(23)27)28-18(26)14-6-9-22(10-7-14)17(25)13-2-4-15(20)5-3-13/h2-5,12,14H,6-11H2,1H3,(H,21,27)/t12-/m1/s1. The Morgan fingerprint density at radius 2 is 1.79 bits per heavy atom. The molecule has 0 bridgehead atoms. The van der Waals surface area contributed by atoms with Gasteiger partial charge in [0.25, 0.3) is 11.8 Å². The van der Waals surface area contributed by atoms with Crippen LogP contribution in [0.25, 0.3) is 0 Å². The molecule has 2 saturated heterocycles. The lowest BCUT2D eigenvalue weighted by Crippen LogP contribution is -2.44. The Hall–Kier alpha value is -2.61. The van der Waals surface area contributed by atoms with Crippen molar-refractivity contribution in [1.29, 1.82) is 0 Å². The minimum absolute atomic E-state index is 0.105. The van der Waals surface area contributed by atoms with Gasteiger partial charge in [-0.05, 0) is 44.0 Å². The molecule has 1 N–H and O–H groups in total. The van der Waals surface area contributed by atoms with E-state index in [-0.39, 0.29) is 18.4 Å². The van der Waals surface area contributed by atoms with Gasteiger partial charge in [-0.25, -0.2) is 4.79 Å². The van der Waals surface area contributed by atoms with E-state index in [0.717, 1.165) is 4.90 Å². The zero-order chi connectivity index (χ0) is 20.3. The van der Waals surface area contributed by atoms with Gasteiger partial charge in [-0.3, -0.25) is 19.3 Å². The average Bonchev–Trinajstić information content (AvgIpc) is 3.13. The lowest BCUT2D eigenvalue weighted by atomic mass is 9.96. The van der Waals surface area contributed by atoms with Crippen LogP contribution < -0.4 is 5.32 Å². The molecule has 28 heavy (non-hydrogen) atoms. The largest absolute Gasteiger partial charge is 0.452 e. The first-order valence-corrected chi connectivity index (χ1v) is 9.59. The van der Waals surface area contributed by atoms with Crippen LogP contribution in [0.5, 0.6) is 0 Å². The maximum absolute atomic E-state index is 12.5. The summed E-state index contributed by atoms with van der Waals surface area (Å²) in [6.45, 7) is 2.98. The maximum Gasteiger partial charge on any atom is 0.324 e. The number of ether oxygens (including phenoxy) is 1. The fourth-order valence-electron chi connectivity index (χ4n) is 3.32. The van der Waals surface area contributed by atoms with Crippen LogP contribution in [0.1, 0.15) is 30.1 Å². The molecule has 2 heterocycles. The van der Waals surface area contributed by atoms with Crippen LogP contribution in [0, 0.1) is 5.92 Å². The minimum atomic E-state index is -1.02. The van der Waals surface area contributed by atoms with Crippen molar-refractivity contribution in [3.05, 3.63) is 34.9 Å². The van der Waals surface area contributed by atoms with Crippen molar-refractivity contribution < 1.29 is 23.9 Å². The summed E-state index contributed by atoms with van der Waals surface area (Å²) in [7, 11) is 0. The number of carbonyl (C=O) groups is 4. The fraction of sp³-hybridized carbons (Fsp3) is 0.474. The van der Waals surface area contributed by atoms with Crippen molar-refractivity contribution in [2.24, 2.45) is 5.92 Å². The van der Waals surface area contributed by atoms with Gasteiger partial charge in [0.15, 0.2) is 6.10 Å². The number of hydrogen-bond acceptors (Lipinski definition) is 5. The number of halogens is 1. The van der Waals surface area contributed by atoms with Crippen LogP contribution in [0.15, 0.2) is 24.3 Å². The molecule has 0 aliphatic carbocycles. The molecule has 2 fully saturated rings. The van der Waals surface area contributed by atoms with Crippen molar-refractivity contribution in [2.45, 2.75) is 25.9 Å². The number of hydrogen-bond donors (Lipinski definition) is 1. The van der Waals surface area contributed by atoms with E-state index in [1.165, 1.54) is 6.92 Å². The third-order valence-electron chi connectivity index (χ3n) is 4.97. The molecule has 4 amide bonds. The molecule has 150 valence electrons. The number of urea groups is 1. The first-order valence-electron chi connectivity index (χ1n) is 9.21. The highest BCUT2D eigenvalue weighted by Gasteiger charge is 2.34. The number of nitrogens with zero attached hydrogens (tertiary/aromatic N) is 2. The van der Waals surface area contributed by atoms with E-state index in [2.05, 4.69) is 5.32 Å². The summed E-state index contributed by atoms with van der Waals surface area (Å²) in [5.41, 5.74) is 0.550. The smallest absolute Gasteiger partial charge is 0.324 e. The number of imide groups is 1. The van der Waals surface area contributed by atoms with Crippen LogP contribution in [0.4, 0.5) is 4.79 Å². The number of carbonyl (C=O) groups excluding carboxylic acids is 4. The van der Waals surface area contributed by atoms with E-state index in [1.807, 2.05) is 0 Å². The summed E-state index contributed by atoms with van der Waals surface area (Å²) in [5.74, 6) is -1.48. The van der Waals surface area contributed by atoms with Gasteiger partial charge in [0.05, 0.1) is 5.92 Å². The van der Waals surface area contributed by atoms with Crippen molar-refractivity contribution in [3.8, 4) is 0 Å². The lowest BCUT2D eigenvalue weighted by molar-refractivity contribution is -0.162. The molecule has 0 aromatic heterocycles. The second-order valence-electron chi connectivity index (χ2n) is 6.87. The van der Waals surface area contributed by atoms with Gasteiger partial charge in [-0.15, -0.1) is 0 Å². The van der Waals surface area contributed by atoms with E-state index < -0.39 is 24.0 Å². The number of piperidine rings is 1. The van der Waals surface area contributed by atoms with Gasteiger partial charge >= 0.3 is 12.0 Å². The van der Waals surface area contributed by atoms with Crippen molar-refractivity contribution >= 4 is 35.4 Å². The van der Waals surface area contributed by atoms with Crippen molar-refractivity contribution in [1.82, 2.24) is 15.1 Å². The Morgan fingerprint density at radius 1 is 1.14 bits per heavy atom. The zero-order valence-corrected chi connectivity index (χ0v) is 16.3. The van der Waals surface area contributed by atoms with Gasteiger partial charge in [0.1, 0.15) is 0 Å².